The molecule has 0 radical (unpaired) electrons. The van der Waals surface area contributed by atoms with Crippen LogP contribution in [0.3, 0.4) is 0 Å². The van der Waals surface area contributed by atoms with Gasteiger partial charge < -0.3 is 0 Å². The van der Waals surface area contributed by atoms with Gasteiger partial charge in [-0.3, -0.25) is 0 Å². The molecular weight excluding hydrogens is 208 g/mol. The number of hydrazine groups is 1. The van der Waals surface area contributed by atoms with Gasteiger partial charge in [-0.25, -0.2) is 10.4 Å². The Labute approximate surface area is 104 Å². The van der Waals surface area contributed by atoms with Crippen molar-refractivity contribution in [1.82, 2.24) is 10.4 Å². The van der Waals surface area contributed by atoms with Crippen LogP contribution in [0.1, 0.15) is 50.6 Å². The third-order valence-corrected chi connectivity index (χ3v) is 4.31. The van der Waals surface area contributed by atoms with Crippen LogP contribution in [0, 0.1) is 5.92 Å². The van der Waals surface area contributed by atoms with Gasteiger partial charge in [-0.05, 0) is 31.2 Å². The Morgan fingerprint density at radius 1 is 1.12 bits per heavy atom. The van der Waals surface area contributed by atoms with Crippen molar-refractivity contribution < 1.29 is 0 Å². The van der Waals surface area contributed by atoms with Gasteiger partial charge in [-0.2, -0.15) is 0 Å². The van der Waals surface area contributed by atoms with E-state index < -0.39 is 0 Å². The average Bonchev–Trinajstić information content (AvgIpc) is 3.20. The Bertz CT molecular complexity index is 356. The zero-order chi connectivity index (χ0) is 11.7. The summed E-state index contributed by atoms with van der Waals surface area (Å²) in [6.07, 6.45) is 7.76. The van der Waals surface area contributed by atoms with Gasteiger partial charge >= 0.3 is 0 Å². The van der Waals surface area contributed by atoms with Crippen LogP contribution >= 0.6 is 0 Å². The van der Waals surface area contributed by atoms with Crippen LogP contribution in [0.2, 0.25) is 0 Å². The Morgan fingerprint density at radius 2 is 1.82 bits per heavy atom. The molecule has 92 valence electrons. The fourth-order valence-electron chi connectivity index (χ4n) is 3.15. The van der Waals surface area contributed by atoms with Crippen molar-refractivity contribution in [2.24, 2.45) is 5.92 Å². The van der Waals surface area contributed by atoms with Gasteiger partial charge in [0.25, 0.3) is 0 Å². The lowest BCUT2D eigenvalue weighted by atomic mass is 9.88. The van der Waals surface area contributed by atoms with Crippen molar-refractivity contribution in [1.29, 1.82) is 0 Å². The second-order valence-electron chi connectivity index (χ2n) is 5.47. The van der Waals surface area contributed by atoms with E-state index in [2.05, 4.69) is 47.7 Å². The third-order valence-electron chi connectivity index (χ3n) is 4.31. The molecule has 2 heteroatoms. The summed E-state index contributed by atoms with van der Waals surface area (Å²) in [5.41, 5.74) is 4.99. The lowest BCUT2D eigenvalue weighted by Gasteiger charge is -2.21. The molecule has 2 nitrogen and oxygen atoms in total. The summed E-state index contributed by atoms with van der Waals surface area (Å²) in [6.45, 7) is 2.30. The van der Waals surface area contributed by atoms with Gasteiger partial charge in [0.2, 0.25) is 0 Å². The van der Waals surface area contributed by atoms with E-state index in [9.17, 15) is 0 Å². The van der Waals surface area contributed by atoms with Crippen LogP contribution in [0.15, 0.2) is 30.3 Å². The number of benzene rings is 1. The fourth-order valence-corrected chi connectivity index (χ4v) is 3.15. The van der Waals surface area contributed by atoms with Crippen molar-refractivity contribution in [3.63, 3.8) is 0 Å². The summed E-state index contributed by atoms with van der Waals surface area (Å²) in [5, 5.41) is 2.44. The first kappa shape index (κ1) is 11.2. The van der Waals surface area contributed by atoms with Crippen LogP contribution in [-0.2, 0) is 0 Å². The summed E-state index contributed by atoms with van der Waals surface area (Å²) in [6, 6.07) is 11.3. The second kappa shape index (κ2) is 4.79. The summed E-state index contributed by atoms with van der Waals surface area (Å²) < 4.78 is 0. The highest BCUT2D eigenvalue weighted by atomic mass is 15.8. The molecule has 0 amide bonds. The molecule has 1 saturated heterocycles. The number of nitrogens with zero attached hydrogens (tertiary/aromatic N) is 1. The largest absolute Gasteiger partial charge is 0.234 e. The Hall–Kier alpha value is -0.860. The minimum atomic E-state index is 0.503. The summed E-state index contributed by atoms with van der Waals surface area (Å²) >= 11 is 0. The van der Waals surface area contributed by atoms with Gasteiger partial charge in [-0.15, -0.1) is 0 Å². The zero-order valence-corrected chi connectivity index (χ0v) is 10.6. The summed E-state index contributed by atoms with van der Waals surface area (Å²) in [7, 11) is 0. The van der Waals surface area contributed by atoms with E-state index in [1.807, 2.05) is 0 Å². The topological polar surface area (TPSA) is 25.0 Å². The maximum absolute atomic E-state index is 3.57. The van der Waals surface area contributed by atoms with E-state index in [4.69, 9.17) is 0 Å². The van der Waals surface area contributed by atoms with E-state index in [1.54, 1.807) is 0 Å². The molecule has 3 atom stereocenters. The number of rotatable bonds is 3. The molecular formula is C15H22N2. The molecule has 1 aromatic rings. The van der Waals surface area contributed by atoms with Gasteiger partial charge in [0.1, 0.15) is 0 Å². The first-order valence-electron chi connectivity index (χ1n) is 6.96. The molecule has 1 saturated carbocycles. The van der Waals surface area contributed by atoms with Crippen LogP contribution in [0.25, 0.3) is 0 Å². The zero-order valence-electron chi connectivity index (χ0n) is 10.6. The molecule has 2 aliphatic rings. The monoisotopic (exact) mass is 230 g/mol. The molecule has 3 rings (SSSR count). The maximum Gasteiger partial charge on any atom is 0.0898 e. The third kappa shape index (κ3) is 2.38. The SMILES string of the molecule is C[C@H](c1ccccc1)N1NC1C1CCCCC1. The molecule has 2 fully saturated rings. The Morgan fingerprint density at radius 3 is 2.53 bits per heavy atom. The molecule has 0 aromatic heterocycles. The smallest absolute Gasteiger partial charge is 0.0898 e. The highest BCUT2D eigenvalue weighted by Crippen LogP contribution is 2.37. The van der Waals surface area contributed by atoms with E-state index in [1.165, 1.54) is 37.7 Å². The molecule has 0 spiro atoms. The van der Waals surface area contributed by atoms with Gasteiger partial charge in [0, 0.05) is 6.04 Å². The highest BCUT2D eigenvalue weighted by Gasteiger charge is 2.43. The fraction of sp³-hybridized carbons (Fsp3) is 0.600. The Kier molecular flexibility index (Phi) is 3.17. The van der Waals surface area contributed by atoms with Crippen molar-refractivity contribution in [3.8, 4) is 0 Å². The van der Waals surface area contributed by atoms with E-state index in [-0.39, 0.29) is 0 Å². The van der Waals surface area contributed by atoms with Crippen molar-refractivity contribution >= 4 is 0 Å². The molecule has 1 aliphatic heterocycles. The predicted molar refractivity (Wildman–Crippen MR) is 70.2 cm³/mol. The predicted octanol–water partition coefficient (Wildman–Crippen LogP) is 3.47. The first-order valence-corrected chi connectivity index (χ1v) is 6.96. The molecule has 2 unspecified atom stereocenters. The molecule has 1 N–H and O–H groups in total. The van der Waals surface area contributed by atoms with E-state index in [0.717, 1.165) is 5.92 Å². The second-order valence-corrected chi connectivity index (χ2v) is 5.47. The molecule has 1 aliphatic carbocycles. The number of hydrogen-bond acceptors (Lipinski definition) is 2. The van der Waals surface area contributed by atoms with Crippen molar-refractivity contribution in [2.75, 3.05) is 0 Å². The van der Waals surface area contributed by atoms with Crippen molar-refractivity contribution in [2.45, 2.75) is 51.2 Å². The minimum absolute atomic E-state index is 0.503. The number of nitrogens with one attached hydrogen (secondary N) is 1. The molecule has 17 heavy (non-hydrogen) atoms. The minimum Gasteiger partial charge on any atom is -0.234 e. The van der Waals surface area contributed by atoms with Crippen molar-refractivity contribution in [3.05, 3.63) is 35.9 Å². The van der Waals surface area contributed by atoms with Gasteiger partial charge in [0.05, 0.1) is 6.17 Å². The standard InChI is InChI=1S/C15H22N2/c1-12(13-8-4-2-5-9-13)17-15(16-17)14-10-6-3-7-11-14/h2,4-5,8-9,12,14-16H,3,6-7,10-11H2,1H3/t12-,15?,17?/m1/s1. The maximum atomic E-state index is 3.57. The molecule has 1 aromatic carbocycles. The summed E-state index contributed by atoms with van der Waals surface area (Å²) in [4.78, 5) is 0. The van der Waals surface area contributed by atoms with Crippen LogP contribution in [-0.4, -0.2) is 11.2 Å². The highest BCUT2D eigenvalue weighted by molar-refractivity contribution is 5.19. The van der Waals surface area contributed by atoms with Crippen LogP contribution in [0.4, 0.5) is 0 Å². The van der Waals surface area contributed by atoms with E-state index >= 15 is 0 Å². The lowest BCUT2D eigenvalue weighted by Crippen LogP contribution is -2.18. The van der Waals surface area contributed by atoms with Gasteiger partial charge in [0.15, 0.2) is 0 Å². The van der Waals surface area contributed by atoms with Crippen LogP contribution < -0.4 is 5.43 Å². The number of hydrogen-bond donors (Lipinski definition) is 1. The Balaban J connectivity index is 1.60. The summed E-state index contributed by atoms with van der Waals surface area (Å²) in [5.74, 6) is 0.884. The lowest BCUT2D eigenvalue weighted by molar-refractivity contribution is 0.286. The van der Waals surface area contributed by atoms with Gasteiger partial charge in [-0.1, -0.05) is 49.6 Å². The molecule has 0 bridgehead atoms. The quantitative estimate of drug-likeness (QED) is 0.804. The average molecular weight is 230 g/mol. The normalized spacial score (nSPS) is 31.1. The first-order chi connectivity index (χ1) is 8.36. The molecule has 1 heterocycles. The van der Waals surface area contributed by atoms with Crippen LogP contribution in [0.5, 0.6) is 0 Å². The van der Waals surface area contributed by atoms with E-state index in [0.29, 0.717) is 12.2 Å².